The van der Waals surface area contributed by atoms with Gasteiger partial charge < -0.3 is 9.84 Å². The van der Waals surface area contributed by atoms with Crippen LogP contribution in [0.5, 0.6) is 0 Å². The van der Waals surface area contributed by atoms with Crippen molar-refractivity contribution in [2.24, 2.45) is 5.92 Å². The van der Waals surface area contributed by atoms with Gasteiger partial charge in [-0.2, -0.15) is 0 Å². The monoisotopic (exact) mass is 263 g/mol. The van der Waals surface area contributed by atoms with E-state index in [1.165, 1.54) is 25.3 Å². The van der Waals surface area contributed by atoms with Crippen molar-refractivity contribution >= 4 is 5.97 Å². The highest BCUT2D eigenvalue weighted by Crippen LogP contribution is 2.29. The highest BCUT2D eigenvalue weighted by Gasteiger charge is 2.24. The summed E-state index contributed by atoms with van der Waals surface area (Å²) < 4.78 is 5.95. The van der Waals surface area contributed by atoms with Crippen LogP contribution in [0, 0.1) is 5.92 Å². The third-order valence-corrected chi connectivity index (χ3v) is 3.83. The molecule has 2 unspecified atom stereocenters. The number of hydrogen-bond acceptors (Lipinski definition) is 3. The first-order chi connectivity index (χ1) is 9.20. The molecule has 4 heteroatoms. The first-order valence-corrected chi connectivity index (χ1v) is 7.01. The van der Waals surface area contributed by atoms with Gasteiger partial charge >= 0.3 is 5.97 Å². The summed E-state index contributed by atoms with van der Waals surface area (Å²) in [5.74, 6) is -0.359. The van der Waals surface area contributed by atoms with Crippen LogP contribution in [0.2, 0.25) is 0 Å². The van der Waals surface area contributed by atoms with Gasteiger partial charge in [0.1, 0.15) is 5.69 Å². The molecule has 2 atom stereocenters. The van der Waals surface area contributed by atoms with Crippen molar-refractivity contribution in [2.45, 2.75) is 51.7 Å². The van der Waals surface area contributed by atoms with Crippen LogP contribution in [0.25, 0.3) is 0 Å². The third kappa shape index (κ3) is 3.77. The van der Waals surface area contributed by atoms with Crippen LogP contribution in [-0.2, 0) is 11.3 Å². The van der Waals surface area contributed by atoms with E-state index in [2.05, 4.69) is 11.9 Å². The normalized spacial score (nSPS) is 23.2. The second-order valence-electron chi connectivity index (χ2n) is 5.12. The van der Waals surface area contributed by atoms with Crippen molar-refractivity contribution in [2.75, 3.05) is 0 Å². The largest absolute Gasteiger partial charge is 0.477 e. The molecule has 1 aromatic heterocycles. The zero-order valence-corrected chi connectivity index (χ0v) is 11.3. The van der Waals surface area contributed by atoms with Gasteiger partial charge in [0.25, 0.3) is 0 Å². The lowest BCUT2D eigenvalue weighted by molar-refractivity contribution is -0.0235. The number of carbonyl (C=O) groups is 1. The predicted octanol–water partition coefficient (Wildman–Crippen LogP) is 3.27. The van der Waals surface area contributed by atoms with Gasteiger partial charge in [-0.05, 0) is 30.9 Å². The van der Waals surface area contributed by atoms with Gasteiger partial charge in [-0.25, -0.2) is 9.78 Å². The Labute approximate surface area is 113 Å². The Morgan fingerprint density at radius 2 is 2.21 bits per heavy atom. The molecular weight excluding hydrogens is 242 g/mol. The Balaban J connectivity index is 1.94. The van der Waals surface area contributed by atoms with Crippen LogP contribution >= 0.6 is 0 Å². The average molecular weight is 263 g/mol. The van der Waals surface area contributed by atoms with Crippen LogP contribution < -0.4 is 0 Å². The third-order valence-electron chi connectivity index (χ3n) is 3.83. The van der Waals surface area contributed by atoms with Crippen molar-refractivity contribution in [3.05, 3.63) is 29.6 Å². The minimum atomic E-state index is -0.994. The fourth-order valence-corrected chi connectivity index (χ4v) is 2.73. The van der Waals surface area contributed by atoms with E-state index in [0.29, 0.717) is 24.3 Å². The summed E-state index contributed by atoms with van der Waals surface area (Å²) in [6.07, 6.45) is 6.32. The van der Waals surface area contributed by atoms with Crippen molar-refractivity contribution in [3.8, 4) is 0 Å². The number of ether oxygens (including phenoxy) is 1. The van der Waals surface area contributed by atoms with E-state index in [4.69, 9.17) is 9.84 Å². The smallest absolute Gasteiger partial charge is 0.354 e. The van der Waals surface area contributed by atoms with Crippen molar-refractivity contribution in [1.29, 1.82) is 0 Å². The maximum Gasteiger partial charge on any atom is 0.354 e. The molecular formula is C15H21NO3. The molecule has 1 aliphatic carbocycles. The summed E-state index contributed by atoms with van der Waals surface area (Å²) in [6, 6.07) is 5.03. The van der Waals surface area contributed by atoms with Gasteiger partial charge in [-0.15, -0.1) is 0 Å². The number of carboxylic acid groups (broad SMARTS) is 1. The predicted molar refractivity (Wildman–Crippen MR) is 72.0 cm³/mol. The second-order valence-corrected chi connectivity index (χ2v) is 5.12. The van der Waals surface area contributed by atoms with E-state index < -0.39 is 5.97 Å². The number of pyridine rings is 1. The van der Waals surface area contributed by atoms with Gasteiger partial charge in [0, 0.05) is 0 Å². The van der Waals surface area contributed by atoms with Crippen LogP contribution in [0.1, 0.15) is 55.2 Å². The van der Waals surface area contributed by atoms with Gasteiger partial charge in [-0.1, -0.05) is 32.3 Å². The Morgan fingerprint density at radius 3 is 2.95 bits per heavy atom. The molecule has 1 heterocycles. The Kier molecular flexibility index (Phi) is 4.91. The molecule has 1 aromatic rings. The molecule has 1 saturated carbocycles. The molecule has 0 saturated heterocycles. The van der Waals surface area contributed by atoms with Crippen LogP contribution in [0.3, 0.4) is 0 Å². The topological polar surface area (TPSA) is 59.4 Å². The Hall–Kier alpha value is -1.42. The number of aromatic nitrogens is 1. The standard InChI is InChI=1S/C15H21NO3/c1-2-11-6-3-4-9-14(11)19-10-12-7-5-8-13(16-12)15(17)18/h5,7-8,11,14H,2-4,6,9-10H2,1H3,(H,17,18). The molecule has 0 aromatic carbocycles. The van der Waals surface area contributed by atoms with Gasteiger partial charge in [0.2, 0.25) is 0 Å². The summed E-state index contributed by atoms with van der Waals surface area (Å²) in [4.78, 5) is 14.9. The Morgan fingerprint density at radius 1 is 1.42 bits per heavy atom. The lowest BCUT2D eigenvalue weighted by Gasteiger charge is -2.30. The molecule has 2 rings (SSSR count). The highest BCUT2D eigenvalue weighted by molar-refractivity contribution is 5.85. The molecule has 1 aliphatic rings. The molecule has 0 aliphatic heterocycles. The molecule has 104 valence electrons. The molecule has 19 heavy (non-hydrogen) atoms. The number of hydrogen-bond donors (Lipinski definition) is 1. The zero-order valence-electron chi connectivity index (χ0n) is 11.3. The minimum absolute atomic E-state index is 0.0804. The fourth-order valence-electron chi connectivity index (χ4n) is 2.73. The Bertz CT molecular complexity index is 433. The van der Waals surface area contributed by atoms with Crippen LogP contribution in [-0.4, -0.2) is 22.2 Å². The van der Waals surface area contributed by atoms with Crippen LogP contribution in [0.4, 0.5) is 0 Å². The molecule has 0 radical (unpaired) electrons. The second kappa shape index (κ2) is 6.66. The van der Waals surface area contributed by atoms with E-state index in [1.807, 2.05) is 6.07 Å². The summed E-state index contributed by atoms with van der Waals surface area (Å²) >= 11 is 0. The van der Waals surface area contributed by atoms with Crippen molar-refractivity contribution < 1.29 is 14.6 Å². The summed E-state index contributed by atoms with van der Waals surface area (Å²) in [5.41, 5.74) is 0.775. The van der Waals surface area contributed by atoms with E-state index in [9.17, 15) is 4.79 Å². The van der Waals surface area contributed by atoms with Crippen molar-refractivity contribution in [3.63, 3.8) is 0 Å². The maximum atomic E-state index is 10.9. The highest BCUT2D eigenvalue weighted by atomic mass is 16.5. The van der Waals surface area contributed by atoms with Gasteiger partial charge in [0.05, 0.1) is 18.4 Å². The molecule has 0 bridgehead atoms. The van der Waals surface area contributed by atoms with Gasteiger partial charge in [0.15, 0.2) is 0 Å². The number of rotatable bonds is 5. The fraction of sp³-hybridized carbons (Fsp3) is 0.600. The molecule has 0 amide bonds. The van der Waals surface area contributed by atoms with Crippen LogP contribution in [0.15, 0.2) is 18.2 Å². The lowest BCUT2D eigenvalue weighted by atomic mass is 9.85. The zero-order chi connectivity index (χ0) is 13.7. The first-order valence-electron chi connectivity index (χ1n) is 7.01. The summed E-state index contributed by atoms with van der Waals surface area (Å²) in [6.45, 7) is 2.61. The molecule has 1 N–H and O–H groups in total. The number of aromatic carboxylic acids is 1. The SMILES string of the molecule is CCC1CCCCC1OCc1cccc(C(=O)O)n1. The summed E-state index contributed by atoms with van der Waals surface area (Å²) in [7, 11) is 0. The first kappa shape index (κ1) is 14.0. The summed E-state index contributed by atoms with van der Waals surface area (Å²) in [5, 5.41) is 8.90. The van der Waals surface area contributed by atoms with E-state index in [0.717, 1.165) is 12.8 Å². The van der Waals surface area contributed by atoms with Gasteiger partial charge in [-0.3, -0.25) is 0 Å². The minimum Gasteiger partial charge on any atom is -0.477 e. The lowest BCUT2D eigenvalue weighted by Crippen LogP contribution is -2.27. The van der Waals surface area contributed by atoms with E-state index in [-0.39, 0.29) is 5.69 Å². The molecule has 4 nitrogen and oxygen atoms in total. The average Bonchev–Trinajstić information content (AvgIpc) is 2.45. The van der Waals surface area contributed by atoms with E-state index >= 15 is 0 Å². The maximum absolute atomic E-state index is 10.9. The number of carboxylic acids is 1. The molecule has 1 fully saturated rings. The quantitative estimate of drug-likeness (QED) is 0.885. The number of nitrogens with zero attached hydrogens (tertiary/aromatic N) is 1. The van der Waals surface area contributed by atoms with Crippen molar-refractivity contribution in [1.82, 2.24) is 4.98 Å². The van der Waals surface area contributed by atoms with E-state index in [1.54, 1.807) is 6.07 Å². The molecule has 0 spiro atoms.